The van der Waals surface area contributed by atoms with E-state index < -0.39 is 21.0 Å². The van der Waals surface area contributed by atoms with Crippen LogP contribution in [0.15, 0.2) is 59.5 Å². The fraction of sp³-hybridized carbons (Fsp3) is 0.188. The molecular weight excluding hydrogens is 270 g/mol. The Labute approximate surface area is 118 Å². The quantitative estimate of drug-likeness (QED) is 0.851. The second-order valence-corrected chi connectivity index (χ2v) is 6.99. The third-order valence-electron chi connectivity index (χ3n) is 3.74. The van der Waals surface area contributed by atoms with Gasteiger partial charge in [-0.3, -0.25) is 0 Å². The van der Waals surface area contributed by atoms with E-state index >= 15 is 0 Å². The average Bonchev–Trinajstić information content (AvgIpc) is 2.87. The molecule has 0 amide bonds. The summed E-state index contributed by atoms with van der Waals surface area (Å²) in [4.78, 5) is 0.280. The minimum Gasteiger partial charge on any atom is -0.223 e. The highest BCUT2D eigenvalue weighted by Gasteiger charge is 2.42. The van der Waals surface area contributed by atoms with Gasteiger partial charge in [0.2, 0.25) is 0 Å². The SMILES string of the molecule is N#CC1Cc2ccccc2C1S(=O)(=O)c1ccccc1. The molecule has 1 aliphatic rings. The molecule has 0 saturated carbocycles. The summed E-state index contributed by atoms with van der Waals surface area (Å²) in [6, 6.07) is 17.9. The molecule has 4 heteroatoms. The Bertz CT molecular complexity index is 776. The molecular formula is C16H13NO2S. The summed E-state index contributed by atoms with van der Waals surface area (Å²) >= 11 is 0. The van der Waals surface area contributed by atoms with Crippen LogP contribution in [0.1, 0.15) is 16.4 Å². The topological polar surface area (TPSA) is 57.9 Å². The van der Waals surface area contributed by atoms with Crippen LogP contribution in [-0.2, 0) is 16.3 Å². The summed E-state index contributed by atoms with van der Waals surface area (Å²) in [5.74, 6) is -0.516. The average molecular weight is 283 g/mol. The normalized spacial score (nSPS) is 21.1. The summed E-state index contributed by atoms with van der Waals surface area (Å²) in [6.45, 7) is 0. The summed E-state index contributed by atoms with van der Waals surface area (Å²) in [6.07, 6.45) is 0.503. The van der Waals surface area contributed by atoms with E-state index in [1.807, 2.05) is 24.3 Å². The highest BCUT2D eigenvalue weighted by Crippen LogP contribution is 2.43. The summed E-state index contributed by atoms with van der Waals surface area (Å²) in [7, 11) is -3.54. The summed E-state index contributed by atoms with van der Waals surface area (Å²) in [5.41, 5.74) is 1.73. The number of hydrogen-bond donors (Lipinski definition) is 0. The Kier molecular flexibility index (Phi) is 3.07. The Morgan fingerprint density at radius 1 is 1.00 bits per heavy atom. The van der Waals surface area contributed by atoms with Crippen molar-refractivity contribution < 1.29 is 8.42 Å². The number of hydrogen-bond acceptors (Lipinski definition) is 3. The fourth-order valence-corrected chi connectivity index (χ4v) is 4.80. The summed E-state index contributed by atoms with van der Waals surface area (Å²) < 4.78 is 25.6. The Balaban J connectivity index is 2.16. The number of fused-ring (bicyclic) bond motifs is 1. The molecule has 0 aromatic heterocycles. The monoisotopic (exact) mass is 283 g/mol. The lowest BCUT2D eigenvalue weighted by atomic mass is 10.1. The predicted octanol–water partition coefficient (Wildman–Crippen LogP) is 2.90. The largest absolute Gasteiger partial charge is 0.223 e. The number of benzene rings is 2. The molecule has 100 valence electrons. The first-order chi connectivity index (χ1) is 9.64. The molecule has 0 heterocycles. The molecule has 2 aromatic rings. The van der Waals surface area contributed by atoms with Crippen molar-refractivity contribution in [3.8, 4) is 6.07 Å². The van der Waals surface area contributed by atoms with Crippen LogP contribution in [0.3, 0.4) is 0 Å². The first kappa shape index (κ1) is 12.9. The van der Waals surface area contributed by atoms with E-state index in [-0.39, 0.29) is 4.90 Å². The predicted molar refractivity (Wildman–Crippen MR) is 75.6 cm³/mol. The standard InChI is InChI=1S/C16H13NO2S/c17-11-13-10-12-6-4-5-9-15(12)16(13)20(18,19)14-7-2-1-3-8-14/h1-9,13,16H,10H2. The number of rotatable bonds is 2. The van der Waals surface area contributed by atoms with E-state index in [1.54, 1.807) is 30.3 Å². The van der Waals surface area contributed by atoms with Gasteiger partial charge in [-0.2, -0.15) is 5.26 Å². The minimum absolute atomic E-state index is 0.280. The van der Waals surface area contributed by atoms with E-state index in [4.69, 9.17) is 0 Å². The lowest BCUT2D eigenvalue weighted by molar-refractivity contribution is 0.563. The molecule has 0 aliphatic heterocycles. The van der Waals surface area contributed by atoms with Crippen LogP contribution in [0.5, 0.6) is 0 Å². The molecule has 20 heavy (non-hydrogen) atoms. The zero-order valence-electron chi connectivity index (χ0n) is 10.7. The van der Waals surface area contributed by atoms with E-state index in [1.165, 1.54) is 0 Å². The molecule has 1 aliphatic carbocycles. The molecule has 2 aromatic carbocycles. The van der Waals surface area contributed by atoms with Crippen LogP contribution in [-0.4, -0.2) is 8.42 Å². The molecule has 0 radical (unpaired) electrons. The maximum Gasteiger partial charge on any atom is 0.186 e. The Hall–Kier alpha value is -2.12. The van der Waals surface area contributed by atoms with Gasteiger partial charge in [0.15, 0.2) is 9.84 Å². The van der Waals surface area contributed by atoms with Gasteiger partial charge < -0.3 is 0 Å². The van der Waals surface area contributed by atoms with E-state index in [2.05, 4.69) is 6.07 Å². The van der Waals surface area contributed by atoms with Crippen molar-refractivity contribution in [2.24, 2.45) is 5.92 Å². The van der Waals surface area contributed by atoms with Crippen LogP contribution in [0.2, 0.25) is 0 Å². The number of nitriles is 1. The van der Waals surface area contributed by atoms with Gasteiger partial charge >= 0.3 is 0 Å². The van der Waals surface area contributed by atoms with Crippen LogP contribution < -0.4 is 0 Å². The van der Waals surface area contributed by atoms with Crippen LogP contribution in [0, 0.1) is 17.2 Å². The molecule has 2 atom stereocenters. The van der Waals surface area contributed by atoms with Crippen molar-refractivity contribution in [1.82, 2.24) is 0 Å². The molecule has 0 spiro atoms. The van der Waals surface area contributed by atoms with Gasteiger partial charge in [0.25, 0.3) is 0 Å². The van der Waals surface area contributed by atoms with E-state index in [0.717, 1.165) is 11.1 Å². The molecule has 0 saturated heterocycles. The van der Waals surface area contributed by atoms with Crippen molar-refractivity contribution in [3.05, 3.63) is 65.7 Å². The summed E-state index contributed by atoms with van der Waals surface area (Å²) in [5, 5.41) is 8.55. The number of sulfone groups is 1. The maximum absolute atomic E-state index is 12.8. The highest BCUT2D eigenvalue weighted by molar-refractivity contribution is 7.91. The van der Waals surface area contributed by atoms with Gasteiger partial charge in [0, 0.05) is 0 Å². The lowest BCUT2D eigenvalue weighted by Gasteiger charge is -2.16. The van der Waals surface area contributed by atoms with Crippen molar-refractivity contribution in [1.29, 1.82) is 5.26 Å². The second-order valence-electron chi connectivity index (χ2n) is 4.92. The molecule has 0 N–H and O–H groups in total. The first-order valence-corrected chi connectivity index (χ1v) is 7.95. The molecule has 0 fully saturated rings. The molecule has 3 rings (SSSR count). The van der Waals surface area contributed by atoms with E-state index in [0.29, 0.717) is 6.42 Å². The first-order valence-electron chi connectivity index (χ1n) is 6.41. The van der Waals surface area contributed by atoms with Crippen molar-refractivity contribution in [2.45, 2.75) is 16.6 Å². The van der Waals surface area contributed by atoms with Gasteiger partial charge in [-0.05, 0) is 29.7 Å². The van der Waals surface area contributed by atoms with Gasteiger partial charge in [0.1, 0.15) is 5.25 Å². The molecule has 2 unspecified atom stereocenters. The maximum atomic E-state index is 12.8. The smallest absolute Gasteiger partial charge is 0.186 e. The van der Waals surface area contributed by atoms with Crippen LogP contribution >= 0.6 is 0 Å². The second kappa shape index (κ2) is 4.77. The van der Waals surface area contributed by atoms with Gasteiger partial charge in [-0.1, -0.05) is 42.5 Å². The third kappa shape index (κ3) is 1.91. The Morgan fingerprint density at radius 2 is 1.65 bits per heavy atom. The van der Waals surface area contributed by atoms with Crippen molar-refractivity contribution in [2.75, 3.05) is 0 Å². The van der Waals surface area contributed by atoms with Crippen LogP contribution in [0.25, 0.3) is 0 Å². The van der Waals surface area contributed by atoms with Crippen molar-refractivity contribution in [3.63, 3.8) is 0 Å². The molecule has 0 bridgehead atoms. The zero-order valence-corrected chi connectivity index (χ0v) is 11.5. The fourth-order valence-electron chi connectivity index (χ4n) is 2.81. The van der Waals surface area contributed by atoms with Crippen molar-refractivity contribution >= 4 is 9.84 Å². The third-order valence-corrected chi connectivity index (χ3v) is 5.92. The van der Waals surface area contributed by atoms with Gasteiger partial charge in [-0.15, -0.1) is 0 Å². The highest BCUT2D eigenvalue weighted by atomic mass is 32.2. The number of nitrogens with zero attached hydrogens (tertiary/aromatic N) is 1. The van der Waals surface area contributed by atoms with Crippen LogP contribution in [0.4, 0.5) is 0 Å². The zero-order chi connectivity index (χ0) is 14.2. The Morgan fingerprint density at radius 3 is 2.35 bits per heavy atom. The van der Waals surface area contributed by atoms with Gasteiger partial charge in [-0.25, -0.2) is 8.42 Å². The molecule has 3 nitrogen and oxygen atoms in total. The van der Waals surface area contributed by atoms with Gasteiger partial charge in [0.05, 0.1) is 16.9 Å². The van der Waals surface area contributed by atoms with E-state index in [9.17, 15) is 13.7 Å². The lowest BCUT2D eigenvalue weighted by Crippen LogP contribution is -2.17. The minimum atomic E-state index is -3.54.